The Balaban J connectivity index is 1.41. The monoisotopic (exact) mass is 532 g/mol. The third-order valence-electron chi connectivity index (χ3n) is 6.11. The van der Waals surface area contributed by atoms with Crippen LogP contribution < -0.4 is 14.9 Å². The molecule has 0 aliphatic carbocycles. The Hall–Kier alpha value is -4.31. The number of ether oxygens (including phenoxy) is 3. The van der Waals surface area contributed by atoms with E-state index < -0.39 is 7.12 Å². The topological polar surface area (TPSA) is 103 Å². The summed E-state index contributed by atoms with van der Waals surface area (Å²) in [6.07, 6.45) is 2.65. The molecule has 1 aliphatic heterocycles. The lowest BCUT2D eigenvalue weighted by Crippen LogP contribution is -2.37. The van der Waals surface area contributed by atoms with Crippen LogP contribution in [0.4, 0.5) is 0 Å². The van der Waals surface area contributed by atoms with Crippen LogP contribution in [-0.2, 0) is 20.7 Å². The first-order valence-electron chi connectivity index (χ1n) is 12.7. The van der Waals surface area contributed by atoms with Crippen LogP contribution in [0.15, 0.2) is 78.9 Å². The number of aliphatic hydroxyl groups excluding tert-OH is 2. The summed E-state index contributed by atoms with van der Waals surface area (Å²) in [4.78, 5) is 6.03. The van der Waals surface area contributed by atoms with Gasteiger partial charge in [0.1, 0.15) is 19.0 Å². The number of hydrogen-bond donors (Lipinski definition) is 2. The molecule has 1 aliphatic rings. The number of aliphatic hydroxyl groups is 2. The Labute approximate surface area is 229 Å². The summed E-state index contributed by atoms with van der Waals surface area (Å²) in [6, 6.07) is 17.1. The fraction of sp³-hybridized carbons (Fsp3) is 0.276. The lowest BCUT2D eigenvalue weighted by atomic mass is 9.79. The molecule has 2 N–H and O–H groups in total. The van der Waals surface area contributed by atoms with E-state index in [4.69, 9.17) is 23.5 Å². The Bertz CT molecular complexity index is 1310. The van der Waals surface area contributed by atoms with Gasteiger partial charge in [0, 0.05) is 36.4 Å². The number of aromatic nitrogens is 1. The zero-order valence-corrected chi connectivity index (χ0v) is 22.6. The number of hydrogen-bond acceptors (Lipinski definition) is 9. The summed E-state index contributed by atoms with van der Waals surface area (Å²) in [5.41, 5.74) is 5.76. The Morgan fingerprint density at radius 1 is 0.872 bits per heavy atom. The zero-order valence-electron chi connectivity index (χ0n) is 22.6. The van der Waals surface area contributed by atoms with Gasteiger partial charge in [0.25, 0.3) is 11.9 Å². The highest BCUT2D eigenvalue weighted by atomic mass is 16.7. The van der Waals surface area contributed by atoms with Gasteiger partial charge in [-0.25, -0.2) is 4.98 Å². The van der Waals surface area contributed by atoms with E-state index >= 15 is 0 Å². The minimum Gasteiger partial charge on any atom is -0.494 e. The van der Waals surface area contributed by atoms with Crippen molar-refractivity contribution in [1.29, 1.82) is 0 Å². The first-order chi connectivity index (χ1) is 18.8. The van der Waals surface area contributed by atoms with Crippen LogP contribution in [-0.4, -0.2) is 54.1 Å². The van der Waals surface area contributed by atoms with Crippen molar-refractivity contribution in [3.63, 3.8) is 0 Å². The summed E-state index contributed by atoms with van der Waals surface area (Å²) >= 11 is 0. The highest BCUT2D eigenvalue weighted by molar-refractivity contribution is 6.61. The van der Waals surface area contributed by atoms with E-state index in [1.165, 1.54) is 17.3 Å². The van der Waals surface area contributed by atoms with Crippen LogP contribution in [0.2, 0.25) is 0 Å². The molecule has 39 heavy (non-hydrogen) atoms. The molecule has 10 heteroatoms. The van der Waals surface area contributed by atoms with Crippen molar-refractivity contribution in [3.8, 4) is 22.8 Å². The number of pyridine rings is 1. The number of rotatable bonds is 10. The van der Waals surface area contributed by atoms with Gasteiger partial charge >= 0.3 is 7.12 Å². The molecule has 0 bridgehead atoms. The molecule has 0 saturated heterocycles. The van der Waals surface area contributed by atoms with Gasteiger partial charge in [0.15, 0.2) is 0 Å². The number of nitrogens with zero attached hydrogens (tertiary/aromatic N) is 2. The van der Waals surface area contributed by atoms with Crippen LogP contribution in [0.5, 0.6) is 11.6 Å². The van der Waals surface area contributed by atoms with Crippen LogP contribution in [0.3, 0.4) is 0 Å². The van der Waals surface area contributed by atoms with E-state index in [0.717, 1.165) is 27.9 Å². The molecule has 0 fully saturated rings. The first-order valence-corrected chi connectivity index (χ1v) is 12.7. The molecule has 0 spiro atoms. The van der Waals surface area contributed by atoms with Gasteiger partial charge in [-0.3, -0.25) is 0 Å². The van der Waals surface area contributed by atoms with Crippen molar-refractivity contribution in [2.45, 2.75) is 27.4 Å². The molecule has 0 unspecified atom stereocenters. The van der Waals surface area contributed by atoms with Gasteiger partial charge in [-0.1, -0.05) is 30.3 Å². The number of benzene rings is 2. The molecular weight excluding hydrogens is 499 g/mol. The van der Waals surface area contributed by atoms with E-state index in [-0.39, 0.29) is 11.9 Å². The van der Waals surface area contributed by atoms with Gasteiger partial charge in [-0.05, 0) is 55.7 Å². The summed E-state index contributed by atoms with van der Waals surface area (Å²) in [5, 5.41) is 19.9. The molecule has 9 nitrogen and oxygen atoms in total. The van der Waals surface area contributed by atoms with Crippen LogP contribution >= 0.6 is 0 Å². The molecule has 0 amide bonds. The predicted octanol–water partition coefficient (Wildman–Crippen LogP) is 4.75. The summed E-state index contributed by atoms with van der Waals surface area (Å²) < 4.78 is 27.9. The second-order valence-electron chi connectivity index (χ2n) is 8.94. The van der Waals surface area contributed by atoms with Crippen LogP contribution in [0.25, 0.3) is 11.1 Å². The molecule has 0 saturated carbocycles. The maximum absolute atomic E-state index is 9.95. The summed E-state index contributed by atoms with van der Waals surface area (Å²) in [7, 11) is 0.607. The average molecular weight is 532 g/mol. The quantitative estimate of drug-likeness (QED) is 0.283. The lowest BCUT2D eigenvalue weighted by molar-refractivity contribution is 0.108. The number of aryl methyl sites for hydroxylation is 1. The first kappa shape index (κ1) is 27.7. The van der Waals surface area contributed by atoms with Gasteiger partial charge in [0.2, 0.25) is 5.88 Å². The maximum Gasteiger partial charge on any atom is 0.636 e. The van der Waals surface area contributed by atoms with E-state index in [2.05, 4.69) is 18.0 Å². The third kappa shape index (κ3) is 7.39. The summed E-state index contributed by atoms with van der Waals surface area (Å²) in [6.45, 7) is 8.03. The fourth-order valence-corrected chi connectivity index (χ4v) is 4.09. The lowest BCUT2D eigenvalue weighted by Gasteiger charge is -2.20. The van der Waals surface area contributed by atoms with E-state index in [0.29, 0.717) is 43.5 Å². The predicted molar refractivity (Wildman–Crippen MR) is 149 cm³/mol. The summed E-state index contributed by atoms with van der Waals surface area (Å²) in [5.74, 6) is 0.559. The Morgan fingerprint density at radius 3 is 2.26 bits per heavy atom. The Kier molecular flexibility index (Phi) is 9.22. The van der Waals surface area contributed by atoms with Gasteiger partial charge in [-0.2, -0.15) is 0 Å². The maximum atomic E-state index is 9.95. The van der Waals surface area contributed by atoms with Crippen molar-refractivity contribution >= 4 is 12.6 Å². The standard InChI is InChI=1S/C29H33BN2O7/c1-5-35-15-16-36-27-14-13-26(21(3)31-27)25-8-6-7-22(20(25)2)19-37-24-11-9-23(10-12-24)30-38-28(33)17-32(4)18-29(34)39-30/h6-14,17-18,33-34H,5,15-16,19H2,1-4H3/b28-17-,29-18-. The normalized spacial score (nSPS) is 16.1. The van der Waals surface area contributed by atoms with Crippen LogP contribution in [0.1, 0.15) is 23.7 Å². The SMILES string of the molecule is CCOCCOc1ccc(-c2cccc(COc3ccc(B4O/C(O)=C\N(C)/C=C(/O)O4)cc3)c2C)c(C)n1. The highest BCUT2D eigenvalue weighted by Gasteiger charge is 2.29. The molecule has 1 aromatic heterocycles. The smallest absolute Gasteiger partial charge is 0.494 e. The van der Waals surface area contributed by atoms with Crippen molar-refractivity contribution < 1.29 is 33.7 Å². The second-order valence-corrected chi connectivity index (χ2v) is 8.94. The fourth-order valence-electron chi connectivity index (χ4n) is 4.09. The highest BCUT2D eigenvalue weighted by Crippen LogP contribution is 2.29. The average Bonchev–Trinajstić information content (AvgIpc) is 2.90. The molecule has 0 atom stereocenters. The molecule has 2 heterocycles. The zero-order chi connectivity index (χ0) is 27.8. The molecular formula is C29H33BN2O7. The van der Waals surface area contributed by atoms with Crippen molar-refractivity contribution in [1.82, 2.24) is 9.88 Å². The molecule has 204 valence electrons. The van der Waals surface area contributed by atoms with Crippen molar-refractivity contribution in [2.75, 3.05) is 26.9 Å². The minimum atomic E-state index is -1.02. The van der Waals surface area contributed by atoms with E-state index in [9.17, 15) is 10.2 Å². The molecule has 2 aromatic carbocycles. The van der Waals surface area contributed by atoms with Crippen LogP contribution in [0, 0.1) is 13.8 Å². The molecule has 4 rings (SSSR count). The third-order valence-corrected chi connectivity index (χ3v) is 6.11. The van der Waals surface area contributed by atoms with Crippen molar-refractivity contribution in [2.24, 2.45) is 0 Å². The van der Waals surface area contributed by atoms with E-state index in [1.807, 2.05) is 38.1 Å². The van der Waals surface area contributed by atoms with Gasteiger partial charge in [0.05, 0.1) is 19.0 Å². The molecule has 3 aromatic rings. The second kappa shape index (κ2) is 13.0. The van der Waals surface area contributed by atoms with Gasteiger partial charge < -0.3 is 38.6 Å². The van der Waals surface area contributed by atoms with E-state index in [1.54, 1.807) is 31.3 Å². The Morgan fingerprint density at radius 2 is 1.59 bits per heavy atom. The minimum absolute atomic E-state index is 0.337. The van der Waals surface area contributed by atoms with Gasteiger partial charge in [-0.15, -0.1) is 0 Å². The van der Waals surface area contributed by atoms with Crippen molar-refractivity contribution in [3.05, 3.63) is 95.7 Å². The largest absolute Gasteiger partial charge is 0.636 e. The molecule has 0 radical (unpaired) electrons.